The quantitative estimate of drug-likeness (QED) is 0.341. The zero-order valence-electron chi connectivity index (χ0n) is 24.0. The third-order valence-corrected chi connectivity index (χ3v) is 9.70. The summed E-state index contributed by atoms with van der Waals surface area (Å²) >= 11 is 0. The van der Waals surface area contributed by atoms with E-state index >= 15 is 0 Å². The first kappa shape index (κ1) is 30.4. The van der Waals surface area contributed by atoms with Gasteiger partial charge < -0.3 is 14.9 Å². The lowest BCUT2D eigenvalue weighted by molar-refractivity contribution is -0.274. The minimum Gasteiger partial charge on any atom is -0.508 e. The van der Waals surface area contributed by atoms with Crippen molar-refractivity contribution in [3.63, 3.8) is 0 Å². The van der Waals surface area contributed by atoms with E-state index in [1.165, 1.54) is 0 Å². The van der Waals surface area contributed by atoms with Gasteiger partial charge in [0.1, 0.15) is 11.5 Å². The van der Waals surface area contributed by atoms with Crippen LogP contribution in [0, 0.1) is 29.1 Å². The molecule has 1 saturated carbocycles. The molecule has 13 heteroatoms. The molecule has 45 heavy (non-hydrogen) atoms. The first-order chi connectivity index (χ1) is 21.2. The number of hydrogen-bond acceptors (Lipinski definition) is 7. The predicted molar refractivity (Wildman–Crippen MR) is 149 cm³/mol. The van der Waals surface area contributed by atoms with Crippen molar-refractivity contribution in [1.29, 1.82) is 0 Å². The van der Waals surface area contributed by atoms with E-state index in [1.807, 2.05) is 0 Å². The highest BCUT2D eigenvalue weighted by atomic mass is 19.4. The number of fused-ring (bicyclic) bond motifs is 4. The zero-order valence-corrected chi connectivity index (χ0v) is 24.0. The average Bonchev–Trinajstić information content (AvgIpc) is 3.33. The Morgan fingerprint density at radius 3 is 2.40 bits per heavy atom. The second-order valence-electron chi connectivity index (χ2n) is 12.1. The summed E-state index contributed by atoms with van der Waals surface area (Å²) < 4.78 is 43.8. The number of halogens is 3. The molecule has 3 fully saturated rings. The fourth-order valence-corrected chi connectivity index (χ4v) is 7.82. The van der Waals surface area contributed by atoms with Gasteiger partial charge in [0.25, 0.3) is 0 Å². The first-order valence-electron chi connectivity index (χ1n) is 14.5. The van der Waals surface area contributed by atoms with E-state index in [1.54, 1.807) is 43.3 Å². The molecule has 4 aliphatic rings. The Hall–Kier alpha value is -4.68. The van der Waals surface area contributed by atoms with Crippen molar-refractivity contribution in [2.24, 2.45) is 29.1 Å². The number of likely N-dealkylation sites (tertiary alicyclic amines) is 1. The largest absolute Gasteiger partial charge is 0.573 e. The van der Waals surface area contributed by atoms with Crippen LogP contribution in [-0.4, -0.2) is 57.6 Å². The van der Waals surface area contributed by atoms with E-state index in [-0.39, 0.29) is 37.8 Å². The number of nitrogens with zero attached hydrogens (tertiary/aromatic N) is 2. The van der Waals surface area contributed by atoms with Gasteiger partial charge in [0.15, 0.2) is 0 Å². The number of carbonyl (C=O) groups excluding carboxylic acids is 4. The van der Waals surface area contributed by atoms with E-state index in [0.29, 0.717) is 11.3 Å². The summed E-state index contributed by atoms with van der Waals surface area (Å²) in [4.78, 5) is 68.7. The Bertz CT molecular complexity index is 1640. The Balaban J connectivity index is 1.48. The highest BCUT2D eigenvalue weighted by molar-refractivity contribution is 6.24. The van der Waals surface area contributed by atoms with E-state index < -0.39 is 82.5 Å². The number of carboxylic acids is 1. The van der Waals surface area contributed by atoms with Gasteiger partial charge >= 0.3 is 12.3 Å². The lowest BCUT2D eigenvalue weighted by Crippen LogP contribution is -2.49. The van der Waals surface area contributed by atoms with Crippen LogP contribution in [0.5, 0.6) is 11.5 Å². The summed E-state index contributed by atoms with van der Waals surface area (Å²) in [7, 11) is 0. The standard InChI is InChI=1S/C32H29F3N2O8/c1-31-22(28(42)37(30(31)44)16-6-3-2-4-7-16)15-20-18(26(31)21-14-17(9-12-23(21)38)45-32(33,34)35)10-11-19-25(20)29(43)36(27(19)41)13-5-8-24(39)40/h2-4,6-7,9-10,12,14,19-20,22,25-26,38H,5,8,11,13,15H2,1H3,(H,39,40). The van der Waals surface area contributed by atoms with Gasteiger partial charge in [0.2, 0.25) is 23.6 Å². The molecule has 2 aromatic rings. The topological polar surface area (TPSA) is 142 Å². The summed E-state index contributed by atoms with van der Waals surface area (Å²) in [5, 5.41) is 20.1. The highest BCUT2D eigenvalue weighted by Crippen LogP contribution is 2.64. The SMILES string of the molecule is CC12C(=O)N(c3ccccc3)C(=O)C1CC1C(=CCC3C(=O)N(CCCC(=O)O)C(=O)C31)C2c1cc(OC(F)(F)F)ccc1O. The van der Waals surface area contributed by atoms with Crippen molar-refractivity contribution in [2.75, 3.05) is 11.4 Å². The normalized spacial score (nSPS) is 29.3. The van der Waals surface area contributed by atoms with Gasteiger partial charge in [-0.15, -0.1) is 13.2 Å². The lowest BCUT2D eigenvalue weighted by Gasteiger charge is -2.49. The summed E-state index contributed by atoms with van der Waals surface area (Å²) in [6.07, 6.45) is -3.45. The van der Waals surface area contributed by atoms with E-state index in [2.05, 4.69) is 4.74 Å². The van der Waals surface area contributed by atoms with Gasteiger partial charge in [-0.25, -0.2) is 4.90 Å². The van der Waals surface area contributed by atoms with Gasteiger partial charge in [-0.1, -0.05) is 29.8 Å². The lowest BCUT2D eigenvalue weighted by atomic mass is 9.51. The fourth-order valence-electron chi connectivity index (χ4n) is 7.82. The number of aromatic hydroxyl groups is 1. The first-order valence-corrected chi connectivity index (χ1v) is 14.5. The number of aliphatic carboxylic acids is 1. The predicted octanol–water partition coefficient (Wildman–Crippen LogP) is 4.39. The molecule has 2 heterocycles. The number of rotatable bonds is 7. The number of ether oxygens (including phenoxy) is 1. The molecule has 2 aliphatic heterocycles. The van der Waals surface area contributed by atoms with Crippen LogP contribution in [0.1, 0.15) is 44.1 Å². The minimum absolute atomic E-state index is 0.00932. The Kier molecular flexibility index (Phi) is 7.24. The summed E-state index contributed by atoms with van der Waals surface area (Å²) in [6.45, 7) is 1.45. The number of alkyl halides is 3. The molecule has 2 aromatic carbocycles. The Morgan fingerprint density at radius 1 is 1.02 bits per heavy atom. The molecule has 0 bridgehead atoms. The maximum atomic E-state index is 14.3. The molecule has 2 saturated heterocycles. The van der Waals surface area contributed by atoms with E-state index in [4.69, 9.17) is 5.11 Å². The van der Waals surface area contributed by atoms with Crippen molar-refractivity contribution in [3.8, 4) is 11.5 Å². The molecule has 0 spiro atoms. The number of benzene rings is 2. The molecule has 4 amide bonds. The molecule has 10 nitrogen and oxygen atoms in total. The maximum absolute atomic E-state index is 14.3. The van der Waals surface area contributed by atoms with Gasteiger partial charge in [-0.2, -0.15) is 0 Å². The molecular formula is C32H29F3N2O8. The number of phenols is 1. The van der Waals surface area contributed by atoms with Crippen LogP contribution in [0.15, 0.2) is 60.2 Å². The van der Waals surface area contributed by atoms with Gasteiger partial charge in [0, 0.05) is 24.4 Å². The molecule has 6 rings (SSSR count). The molecule has 236 valence electrons. The van der Waals surface area contributed by atoms with Crippen LogP contribution in [-0.2, 0) is 24.0 Å². The summed E-state index contributed by atoms with van der Waals surface area (Å²) in [5.74, 6) is -8.96. The molecule has 0 aromatic heterocycles. The third kappa shape index (κ3) is 4.84. The number of hydrogen-bond donors (Lipinski definition) is 2. The van der Waals surface area contributed by atoms with Crippen molar-refractivity contribution in [3.05, 3.63) is 65.7 Å². The second kappa shape index (κ2) is 10.7. The zero-order chi connectivity index (χ0) is 32.4. The monoisotopic (exact) mass is 626 g/mol. The summed E-state index contributed by atoms with van der Waals surface area (Å²) in [6, 6.07) is 11.1. The number of carbonyl (C=O) groups is 5. The molecule has 2 aliphatic carbocycles. The van der Waals surface area contributed by atoms with Gasteiger partial charge in [-0.3, -0.25) is 28.9 Å². The highest BCUT2D eigenvalue weighted by Gasteiger charge is 2.68. The van der Waals surface area contributed by atoms with Crippen LogP contribution in [0.3, 0.4) is 0 Å². The van der Waals surface area contributed by atoms with Gasteiger partial charge in [-0.05, 0) is 62.4 Å². The van der Waals surface area contributed by atoms with Crippen molar-refractivity contribution in [2.45, 2.75) is 44.9 Å². The smallest absolute Gasteiger partial charge is 0.508 e. The molecule has 6 atom stereocenters. The Labute approximate surface area is 255 Å². The van der Waals surface area contributed by atoms with Crippen LogP contribution in [0.25, 0.3) is 0 Å². The third-order valence-electron chi connectivity index (χ3n) is 9.70. The molecule has 0 radical (unpaired) electrons. The molecular weight excluding hydrogens is 597 g/mol. The van der Waals surface area contributed by atoms with Gasteiger partial charge in [0.05, 0.1) is 28.9 Å². The fraction of sp³-hybridized carbons (Fsp3) is 0.406. The number of carboxylic acid groups (broad SMARTS) is 1. The van der Waals surface area contributed by atoms with Crippen LogP contribution < -0.4 is 9.64 Å². The van der Waals surface area contributed by atoms with Crippen molar-refractivity contribution in [1.82, 2.24) is 4.90 Å². The number of allylic oxidation sites excluding steroid dienone is 2. The van der Waals surface area contributed by atoms with Crippen molar-refractivity contribution < 1.29 is 52.1 Å². The average molecular weight is 627 g/mol. The van der Waals surface area contributed by atoms with E-state index in [9.17, 15) is 42.3 Å². The number of para-hydroxylation sites is 1. The number of imide groups is 2. The summed E-state index contributed by atoms with van der Waals surface area (Å²) in [5.41, 5.74) is -0.890. The van der Waals surface area contributed by atoms with Crippen LogP contribution >= 0.6 is 0 Å². The molecule has 6 unspecified atom stereocenters. The molecule has 2 N–H and O–H groups in total. The van der Waals surface area contributed by atoms with Crippen LogP contribution in [0.4, 0.5) is 18.9 Å². The van der Waals surface area contributed by atoms with Crippen LogP contribution in [0.2, 0.25) is 0 Å². The number of anilines is 1. The maximum Gasteiger partial charge on any atom is 0.573 e. The number of phenolic OH excluding ortho intramolecular Hbond substituents is 1. The Morgan fingerprint density at radius 2 is 1.73 bits per heavy atom. The number of amides is 4. The second-order valence-corrected chi connectivity index (χ2v) is 12.1. The minimum atomic E-state index is -5.04. The van der Waals surface area contributed by atoms with Crippen molar-refractivity contribution >= 4 is 35.3 Å². The van der Waals surface area contributed by atoms with E-state index in [0.717, 1.165) is 28.0 Å².